The molecule has 1 aliphatic heterocycles. The lowest BCUT2D eigenvalue weighted by atomic mass is 10.1. The molecule has 2 aromatic heterocycles. The van der Waals surface area contributed by atoms with Crippen LogP contribution in [0.25, 0.3) is 11.2 Å². The summed E-state index contributed by atoms with van der Waals surface area (Å²) in [6, 6.07) is 0. The zero-order chi connectivity index (χ0) is 17.6. The van der Waals surface area contributed by atoms with Gasteiger partial charge in [-0.25, -0.2) is 14.4 Å². The molecule has 1 N–H and O–H groups in total. The Kier molecular flexibility index (Phi) is 4.87. The lowest BCUT2D eigenvalue weighted by molar-refractivity contribution is -0.0238. The zero-order valence-corrected chi connectivity index (χ0v) is 15.4. The van der Waals surface area contributed by atoms with Gasteiger partial charge in [-0.05, 0) is 30.9 Å². The molecular formula is C16H20ClFN4O2S. The third-order valence-corrected chi connectivity index (χ3v) is 6.39. The SMILES string of the molecule is CC[C@H]1O[C@@H](n2cnc3c(SC4CCCC4)nc(Cl)nc32)[C@@H](F)[C@@H]1O. The molecule has 2 aromatic rings. The van der Waals surface area contributed by atoms with Crippen LogP contribution in [-0.4, -0.2) is 48.3 Å². The Morgan fingerprint density at radius 2 is 2.16 bits per heavy atom. The van der Waals surface area contributed by atoms with Crippen molar-refractivity contribution in [3.8, 4) is 0 Å². The van der Waals surface area contributed by atoms with Gasteiger partial charge in [0.05, 0.1) is 12.4 Å². The van der Waals surface area contributed by atoms with E-state index in [0.29, 0.717) is 22.8 Å². The van der Waals surface area contributed by atoms with Crippen molar-refractivity contribution >= 4 is 34.5 Å². The highest BCUT2D eigenvalue weighted by Gasteiger charge is 2.45. The third kappa shape index (κ3) is 3.13. The predicted molar refractivity (Wildman–Crippen MR) is 93.5 cm³/mol. The maximum atomic E-state index is 14.5. The van der Waals surface area contributed by atoms with Crippen LogP contribution in [0.4, 0.5) is 4.39 Å². The Bertz CT molecular complexity index is 770. The average molecular weight is 387 g/mol. The molecule has 1 aliphatic carbocycles. The number of rotatable bonds is 4. The molecule has 0 unspecified atom stereocenters. The fourth-order valence-corrected chi connectivity index (χ4v) is 5.06. The van der Waals surface area contributed by atoms with Crippen LogP contribution in [0.2, 0.25) is 5.28 Å². The molecule has 0 radical (unpaired) electrons. The molecular weight excluding hydrogens is 367 g/mol. The minimum Gasteiger partial charge on any atom is -0.387 e. The summed E-state index contributed by atoms with van der Waals surface area (Å²) >= 11 is 7.77. The molecule has 0 spiro atoms. The number of halogens is 2. The molecule has 1 saturated carbocycles. The van der Waals surface area contributed by atoms with Gasteiger partial charge in [-0.1, -0.05) is 19.8 Å². The van der Waals surface area contributed by atoms with Crippen molar-refractivity contribution in [2.75, 3.05) is 0 Å². The largest absolute Gasteiger partial charge is 0.387 e. The smallest absolute Gasteiger partial charge is 0.225 e. The van der Waals surface area contributed by atoms with E-state index in [1.165, 1.54) is 23.7 Å². The summed E-state index contributed by atoms with van der Waals surface area (Å²) < 4.78 is 21.7. The molecule has 136 valence electrons. The van der Waals surface area contributed by atoms with Crippen LogP contribution in [0.5, 0.6) is 0 Å². The van der Waals surface area contributed by atoms with Crippen molar-refractivity contribution in [1.29, 1.82) is 0 Å². The summed E-state index contributed by atoms with van der Waals surface area (Å²) in [6.45, 7) is 1.85. The first-order valence-electron chi connectivity index (χ1n) is 8.62. The van der Waals surface area contributed by atoms with Crippen LogP contribution in [-0.2, 0) is 4.74 Å². The maximum Gasteiger partial charge on any atom is 0.225 e. The topological polar surface area (TPSA) is 73.1 Å². The Balaban J connectivity index is 1.70. The van der Waals surface area contributed by atoms with E-state index in [1.54, 1.807) is 11.8 Å². The first-order valence-corrected chi connectivity index (χ1v) is 9.88. The van der Waals surface area contributed by atoms with E-state index < -0.39 is 24.6 Å². The van der Waals surface area contributed by atoms with E-state index in [-0.39, 0.29) is 5.28 Å². The van der Waals surface area contributed by atoms with E-state index in [0.717, 1.165) is 17.9 Å². The van der Waals surface area contributed by atoms with E-state index in [2.05, 4.69) is 15.0 Å². The van der Waals surface area contributed by atoms with Gasteiger partial charge in [-0.2, -0.15) is 4.98 Å². The van der Waals surface area contributed by atoms with Gasteiger partial charge in [0.15, 0.2) is 18.0 Å². The zero-order valence-electron chi connectivity index (χ0n) is 13.8. The first-order chi connectivity index (χ1) is 12.1. The Labute approximate surface area is 154 Å². The van der Waals surface area contributed by atoms with Crippen LogP contribution in [0.3, 0.4) is 0 Å². The third-order valence-electron chi connectivity index (χ3n) is 4.91. The van der Waals surface area contributed by atoms with Crippen LogP contribution in [0, 0.1) is 0 Å². The number of alkyl halides is 1. The van der Waals surface area contributed by atoms with Crippen molar-refractivity contribution < 1.29 is 14.2 Å². The summed E-state index contributed by atoms with van der Waals surface area (Å²) in [5, 5.41) is 11.3. The lowest BCUT2D eigenvalue weighted by Crippen LogP contribution is -2.27. The van der Waals surface area contributed by atoms with Gasteiger partial charge in [0.2, 0.25) is 5.28 Å². The summed E-state index contributed by atoms with van der Waals surface area (Å²) in [5.74, 6) is 0. The Morgan fingerprint density at radius 1 is 1.40 bits per heavy atom. The summed E-state index contributed by atoms with van der Waals surface area (Å²) in [4.78, 5) is 13.0. The number of ether oxygens (including phenoxy) is 1. The van der Waals surface area contributed by atoms with Crippen LogP contribution >= 0.6 is 23.4 Å². The number of thioether (sulfide) groups is 1. The molecule has 25 heavy (non-hydrogen) atoms. The van der Waals surface area contributed by atoms with Crippen molar-refractivity contribution in [3.05, 3.63) is 11.6 Å². The van der Waals surface area contributed by atoms with Crippen LogP contribution < -0.4 is 0 Å². The lowest BCUT2D eigenvalue weighted by Gasteiger charge is -2.15. The number of imidazole rings is 1. The molecule has 0 bridgehead atoms. The summed E-state index contributed by atoms with van der Waals surface area (Å²) in [7, 11) is 0. The molecule has 9 heteroatoms. The van der Waals surface area contributed by atoms with Crippen molar-refractivity contribution in [3.63, 3.8) is 0 Å². The molecule has 2 fully saturated rings. The molecule has 4 atom stereocenters. The number of aromatic nitrogens is 4. The predicted octanol–water partition coefficient (Wildman–Crippen LogP) is 3.52. The molecule has 6 nitrogen and oxygen atoms in total. The molecule has 3 heterocycles. The summed E-state index contributed by atoms with van der Waals surface area (Å²) in [6.07, 6.45) is 2.59. The molecule has 4 rings (SSSR count). The van der Waals surface area contributed by atoms with Crippen molar-refractivity contribution in [2.45, 2.75) is 73.9 Å². The molecule has 1 saturated heterocycles. The summed E-state index contributed by atoms with van der Waals surface area (Å²) in [5.41, 5.74) is 1.05. The fraction of sp³-hybridized carbons (Fsp3) is 0.688. The van der Waals surface area contributed by atoms with Gasteiger partial charge < -0.3 is 9.84 Å². The van der Waals surface area contributed by atoms with Crippen LogP contribution in [0.15, 0.2) is 11.4 Å². The van der Waals surface area contributed by atoms with Crippen LogP contribution in [0.1, 0.15) is 45.3 Å². The average Bonchev–Trinajstić information content (AvgIpc) is 3.29. The highest BCUT2D eigenvalue weighted by Crippen LogP contribution is 2.39. The number of hydrogen-bond donors (Lipinski definition) is 1. The minimum atomic E-state index is -1.54. The first kappa shape index (κ1) is 17.5. The Hall–Kier alpha value is -0.960. The monoisotopic (exact) mass is 386 g/mol. The van der Waals surface area contributed by atoms with Gasteiger partial charge in [0.1, 0.15) is 16.6 Å². The van der Waals surface area contributed by atoms with E-state index >= 15 is 0 Å². The number of aliphatic hydroxyl groups is 1. The molecule has 2 aliphatic rings. The van der Waals surface area contributed by atoms with Gasteiger partial charge in [0, 0.05) is 5.25 Å². The molecule has 0 amide bonds. The highest BCUT2D eigenvalue weighted by molar-refractivity contribution is 8.00. The van der Waals surface area contributed by atoms with Gasteiger partial charge in [-0.3, -0.25) is 4.57 Å². The second-order valence-corrected chi connectivity index (χ2v) is 8.18. The maximum absolute atomic E-state index is 14.5. The van der Waals surface area contributed by atoms with Gasteiger partial charge >= 0.3 is 0 Å². The highest BCUT2D eigenvalue weighted by atomic mass is 35.5. The minimum absolute atomic E-state index is 0.107. The van der Waals surface area contributed by atoms with Gasteiger partial charge in [0.25, 0.3) is 0 Å². The number of nitrogens with zero attached hydrogens (tertiary/aromatic N) is 4. The van der Waals surface area contributed by atoms with Crippen molar-refractivity contribution in [1.82, 2.24) is 19.5 Å². The van der Waals surface area contributed by atoms with E-state index in [4.69, 9.17) is 16.3 Å². The second-order valence-electron chi connectivity index (χ2n) is 6.55. The Morgan fingerprint density at radius 3 is 2.84 bits per heavy atom. The number of hydrogen-bond acceptors (Lipinski definition) is 6. The molecule has 0 aromatic carbocycles. The fourth-order valence-electron chi connectivity index (χ4n) is 3.56. The van der Waals surface area contributed by atoms with E-state index in [9.17, 15) is 9.50 Å². The quantitative estimate of drug-likeness (QED) is 0.640. The standard InChI is InChI=1S/C16H20ClFN4O2S/c1-2-9-12(23)10(18)15(24-9)22-7-19-11-13(22)20-16(17)21-14(11)25-8-5-3-4-6-8/h7-10,12,15,23H,2-6H2,1H3/t9-,10+,12-,15-/m1/s1. The number of aliphatic hydroxyl groups excluding tert-OH is 1. The number of fused-ring (bicyclic) bond motifs is 1. The van der Waals surface area contributed by atoms with Gasteiger partial charge in [-0.15, -0.1) is 11.8 Å². The van der Waals surface area contributed by atoms with Crippen molar-refractivity contribution in [2.24, 2.45) is 0 Å². The second kappa shape index (κ2) is 6.98. The normalized spacial score (nSPS) is 30.6. The van der Waals surface area contributed by atoms with E-state index in [1.807, 2.05) is 6.92 Å².